The summed E-state index contributed by atoms with van der Waals surface area (Å²) in [5.41, 5.74) is 5.66. The van der Waals surface area contributed by atoms with E-state index in [4.69, 9.17) is 10.2 Å². The number of nitrogens with one attached hydrogen (secondary N) is 1. The number of furan rings is 1. The predicted octanol–water partition coefficient (Wildman–Crippen LogP) is 0.884. The summed E-state index contributed by atoms with van der Waals surface area (Å²) >= 11 is 0. The lowest BCUT2D eigenvalue weighted by Gasteiger charge is -2.13. The molecule has 2 rings (SSSR count). The number of rotatable bonds is 4. The molecule has 0 saturated carbocycles. The van der Waals surface area contributed by atoms with Gasteiger partial charge < -0.3 is 20.4 Å². The molecule has 1 fully saturated rings. The Balaban J connectivity index is 0.00000180. The second-order valence-electron chi connectivity index (χ2n) is 4.22. The molecule has 1 saturated heterocycles. The minimum Gasteiger partial charge on any atom is -0.467 e. The van der Waals surface area contributed by atoms with E-state index in [2.05, 4.69) is 10.3 Å². The summed E-state index contributed by atoms with van der Waals surface area (Å²) in [6, 6.07) is 3.65. The first kappa shape index (κ1) is 15.6. The first-order valence-corrected chi connectivity index (χ1v) is 6.09. The first-order valence-electron chi connectivity index (χ1n) is 6.09. The molecule has 3 N–H and O–H groups in total. The van der Waals surface area contributed by atoms with Gasteiger partial charge in [-0.2, -0.15) is 0 Å². The molecule has 1 amide bonds. The highest BCUT2D eigenvalue weighted by Gasteiger charge is 2.16. The average molecular weight is 331 g/mol. The van der Waals surface area contributed by atoms with E-state index in [-0.39, 0.29) is 35.4 Å². The van der Waals surface area contributed by atoms with E-state index in [0.29, 0.717) is 6.54 Å². The summed E-state index contributed by atoms with van der Waals surface area (Å²) in [5.74, 6) is 1.08. The molecule has 1 aliphatic heterocycles. The van der Waals surface area contributed by atoms with Crippen LogP contribution in [0.25, 0.3) is 0 Å². The van der Waals surface area contributed by atoms with Crippen LogP contribution in [0.15, 0.2) is 27.8 Å². The molecule has 1 aromatic rings. The zero-order chi connectivity index (χ0) is 12.8. The summed E-state index contributed by atoms with van der Waals surface area (Å²) in [6.45, 7) is 2.26. The van der Waals surface area contributed by atoms with Gasteiger partial charge in [-0.15, -0.1) is 17.0 Å². The van der Waals surface area contributed by atoms with Crippen molar-refractivity contribution in [2.45, 2.75) is 19.4 Å². The van der Waals surface area contributed by atoms with Crippen molar-refractivity contribution < 1.29 is 9.21 Å². The minimum atomic E-state index is 0. The Morgan fingerprint density at radius 2 is 2.21 bits per heavy atom. The Hall–Kier alpha value is -1.50. The number of aliphatic imine (C=N–C) groups is 1. The number of nitrogens with zero attached hydrogens (tertiary/aromatic N) is 2. The predicted molar refractivity (Wildman–Crippen MR) is 78.2 cm³/mol. The van der Waals surface area contributed by atoms with Crippen LogP contribution in [-0.4, -0.2) is 36.4 Å². The number of carbonyl (C=O) groups is 1. The van der Waals surface area contributed by atoms with Gasteiger partial charge in [0.1, 0.15) is 12.3 Å². The monoisotopic (exact) mass is 330 g/mol. The molecule has 0 aromatic carbocycles. The van der Waals surface area contributed by atoms with Crippen LogP contribution >= 0.6 is 17.0 Å². The zero-order valence-electron chi connectivity index (χ0n) is 10.7. The maximum absolute atomic E-state index is 11.7. The number of hydrogen-bond donors (Lipinski definition) is 2. The molecule has 0 radical (unpaired) electrons. The van der Waals surface area contributed by atoms with Crippen molar-refractivity contribution in [2.24, 2.45) is 10.7 Å². The fourth-order valence-corrected chi connectivity index (χ4v) is 1.87. The van der Waals surface area contributed by atoms with Gasteiger partial charge in [0.25, 0.3) is 0 Å². The lowest BCUT2D eigenvalue weighted by Crippen LogP contribution is -2.34. The summed E-state index contributed by atoms with van der Waals surface area (Å²) in [4.78, 5) is 17.5. The molecule has 0 bridgehead atoms. The Morgan fingerprint density at radius 1 is 1.47 bits per heavy atom. The molecule has 6 nitrogen and oxygen atoms in total. The zero-order valence-corrected chi connectivity index (χ0v) is 12.4. The van der Waals surface area contributed by atoms with Crippen molar-refractivity contribution in [1.29, 1.82) is 0 Å². The van der Waals surface area contributed by atoms with E-state index in [9.17, 15) is 4.79 Å². The second-order valence-corrected chi connectivity index (χ2v) is 4.22. The van der Waals surface area contributed by atoms with E-state index in [1.165, 1.54) is 0 Å². The second kappa shape index (κ2) is 7.83. The molecular formula is C12H19BrN4O2. The third kappa shape index (κ3) is 4.94. The molecule has 0 spiro atoms. The van der Waals surface area contributed by atoms with Gasteiger partial charge in [-0.3, -0.25) is 4.79 Å². The third-order valence-electron chi connectivity index (χ3n) is 2.87. The van der Waals surface area contributed by atoms with Crippen molar-refractivity contribution in [1.82, 2.24) is 10.2 Å². The molecule has 7 heteroatoms. The number of guanidine groups is 1. The van der Waals surface area contributed by atoms with Crippen LogP contribution in [0.5, 0.6) is 0 Å². The van der Waals surface area contributed by atoms with Crippen LogP contribution in [0, 0.1) is 0 Å². The van der Waals surface area contributed by atoms with Crippen LogP contribution in [-0.2, 0) is 11.3 Å². The third-order valence-corrected chi connectivity index (χ3v) is 2.87. The lowest BCUT2D eigenvalue weighted by atomic mass is 10.4. The molecule has 106 valence electrons. The van der Waals surface area contributed by atoms with Gasteiger partial charge in [-0.25, -0.2) is 4.99 Å². The van der Waals surface area contributed by atoms with Crippen molar-refractivity contribution in [3.63, 3.8) is 0 Å². The maximum atomic E-state index is 11.7. The van der Waals surface area contributed by atoms with Crippen molar-refractivity contribution in [3.05, 3.63) is 24.2 Å². The number of nitrogens with two attached hydrogens (primary N) is 1. The Bertz CT molecular complexity index is 413. The Morgan fingerprint density at radius 3 is 2.84 bits per heavy atom. The van der Waals surface area contributed by atoms with E-state index in [0.717, 1.165) is 31.7 Å². The molecule has 0 atom stereocenters. The number of carbonyl (C=O) groups excluding carboxylic acids is 1. The fourth-order valence-electron chi connectivity index (χ4n) is 1.87. The number of halogens is 1. The number of likely N-dealkylation sites (tertiary alicyclic amines) is 1. The standard InChI is InChI=1S/C12H18N4O2.BrH/c13-12(14-8-10-4-3-7-18-10)15-9-11(17)16-5-1-2-6-16;/h3-4,7H,1-2,5-6,8-9H2,(H3,13,14,15);1H. The fraction of sp³-hybridized carbons (Fsp3) is 0.500. The quantitative estimate of drug-likeness (QED) is 0.634. The summed E-state index contributed by atoms with van der Waals surface area (Å²) in [6.07, 6.45) is 3.77. The van der Waals surface area contributed by atoms with Crippen LogP contribution < -0.4 is 11.1 Å². The molecule has 2 heterocycles. The van der Waals surface area contributed by atoms with Crippen molar-refractivity contribution in [3.8, 4) is 0 Å². The summed E-state index contributed by atoms with van der Waals surface area (Å²) < 4.78 is 5.14. The van der Waals surface area contributed by atoms with Crippen LogP contribution in [0.4, 0.5) is 0 Å². The topological polar surface area (TPSA) is 83.9 Å². The van der Waals surface area contributed by atoms with E-state index in [1.807, 2.05) is 11.0 Å². The SMILES string of the molecule is Br.NC(=NCC(=O)N1CCCC1)NCc1ccco1. The largest absolute Gasteiger partial charge is 0.467 e. The maximum Gasteiger partial charge on any atom is 0.244 e. The summed E-state index contributed by atoms with van der Waals surface area (Å²) in [5, 5.41) is 2.89. The van der Waals surface area contributed by atoms with Gasteiger partial charge in [0.15, 0.2) is 5.96 Å². The highest BCUT2D eigenvalue weighted by atomic mass is 79.9. The minimum absolute atomic E-state index is 0. The average Bonchev–Trinajstić information content (AvgIpc) is 3.05. The molecule has 1 aromatic heterocycles. The Labute approximate surface area is 122 Å². The van der Waals surface area contributed by atoms with E-state index < -0.39 is 0 Å². The molecule has 19 heavy (non-hydrogen) atoms. The van der Waals surface area contributed by atoms with Gasteiger partial charge in [0, 0.05) is 13.1 Å². The first-order chi connectivity index (χ1) is 8.75. The molecule has 0 unspecified atom stereocenters. The van der Waals surface area contributed by atoms with Crippen LogP contribution in [0.2, 0.25) is 0 Å². The molecular weight excluding hydrogens is 312 g/mol. The van der Waals surface area contributed by atoms with Crippen molar-refractivity contribution in [2.75, 3.05) is 19.6 Å². The van der Waals surface area contributed by atoms with Crippen LogP contribution in [0.1, 0.15) is 18.6 Å². The van der Waals surface area contributed by atoms with Gasteiger partial charge in [0.05, 0.1) is 12.8 Å². The van der Waals surface area contributed by atoms with Gasteiger partial charge in [-0.1, -0.05) is 0 Å². The number of amides is 1. The van der Waals surface area contributed by atoms with Crippen LogP contribution in [0.3, 0.4) is 0 Å². The molecule has 0 aliphatic carbocycles. The molecule has 1 aliphatic rings. The smallest absolute Gasteiger partial charge is 0.244 e. The number of hydrogen-bond acceptors (Lipinski definition) is 3. The van der Waals surface area contributed by atoms with E-state index >= 15 is 0 Å². The van der Waals surface area contributed by atoms with Gasteiger partial charge in [-0.05, 0) is 25.0 Å². The summed E-state index contributed by atoms with van der Waals surface area (Å²) in [7, 11) is 0. The Kier molecular flexibility index (Phi) is 6.41. The normalized spacial score (nSPS) is 15.2. The lowest BCUT2D eigenvalue weighted by molar-refractivity contribution is -0.128. The van der Waals surface area contributed by atoms with Crippen molar-refractivity contribution >= 4 is 28.8 Å². The van der Waals surface area contributed by atoms with E-state index in [1.54, 1.807) is 12.3 Å². The highest BCUT2D eigenvalue weighted by Crippen LogP contribution is 2.07. The van der Waals surface area contributed by atoms with Gasteiger partial charge in [0.2, 0.25) is 5.91 Å². The highest BCUT2D eigenvalue weighted by molar-refractivity contribution is 8.93. The van der Waals surface area contributed by atoms with Gasteiger partial charge >= 0.3 is 0 Å².